The summed E-state index contributed by atoms with van der Waals surface area (Å²) in [6, 6.07) is 21.8. The van der Waals surface area contributed by atoms with Crippen molar-refractivity contribution in [2.75, 3.05) is 9.80 Å². The first-order chi connectivity index (χ1) is 22.8. The Balaban J connectivity index is 1.31. The van der Waals surface area contributed by atoms with Crippen molar-refractivity contribution in [3.05, 3.63) is 147 Å². The molecule has 8 rings (SSSR count). The van der Waals surface area contributed by atoms with E-state index in [4.69, 9.17) is 4.42 Å². The fourth-order valence-corrected chi connectivity index (χ4v) is 7.99. The third-order valence-electron chi connectivity index (χ3n) is 8.20. The molecule has 0 radical (unpaired) electrons. The molecule has 2 amide bonds. The molecular formula is C34H19F3N4O4S2. The van der Waals surface area contributed by atoms with E-state index >= 15 is 0 Å². The number of rotatable bonds is 6. The first-order valence-electron chi connectivity index (χ1n) is 14.2. The number of hydrogen-bond donors (Lipinski definition) is 0. The van der Waals surface area contributed by atoms with Gasteiger partial charge in [-0.25, -0.2) is 13.2 Å². The number of anilines is 2. The summed E-state index contributed by atoms with van der Waals surface area (Å²) >= 11 is 2.34. The van der Waals surface area contributed by atoms with Gasteiger partial charge in [0.05, 0.1) is 23.2 Å². The van der Waals surface area contributed by atoms with Crippen LogP contribution in [0.4, 0.5) is 24.0 Å². The van der Waals surface area contributed by atoms with Gasteiger partial charge in [-0.15, -0.1) is 10.2 Å². The minimum atomic E-state index is -2.07. The number of hydrogen-bond acceptors (Lipinski definition) is 8. The number of nitrogens with zero attached hydrogens (tertiary/aromatic N) is 4. The highest BCUT2D eigenvalue weighted by Gasteiger charge is 2.66. The molecule has 1 spiro atoms. The first-order valence-corrected chi connectivity index (χ1v) is 16.0. The highest BCUT2D eigenvalue weighted by Crippen LogP contribution is 2.55. The molecule has 0 aliphatic carbocycles. The van der Waals surface area contributed by atoms with E-state index in [0.29, 0.717) is 26.9 Å². The fourth-order valence-electron chi connectivity index (χ4n) is 6.14. The molecule has 4 aromatic carbocycles. The van der Waals surface area contributed by atoms with Gasteiger partial charge in [0, 0.05) is 11.3 Å². The molecule has 1 atom stereocenters. The van der Waals surface area contributed by atoms with Gasteiger partial charge in [0.1, 0.15) is 23.0 Å². The lowest BCUT2D eigenvalue weighted by molar-refractivity contribution is -0.121. The number of amides is 2. The van der Waals surface area contributed by atoms with E-state index in [-0.39, 0.29) is 39.8 Å². The molecule has 2 aromatic heterocycles. The van der Waals surface area contributed by atoms with Gasteiger partial charge in [0.25, 0.3) is 11.8 Å². The van der Waals surface area contributed by atoms with Crippen molar-refractivity contribution in [3.63, 3.8) is 0 Å². The van der Waals surface area contributed by atoms with Gasteiger partial charge in [-0.3, -0.25) is 19.3 Å². The van der Waals surface area contributed by atoms with E-state index in [1.807, 2.05) is 0 Å². The first kappa shape index (κ1) is 29.2. The molecule has 0 fully saturated rings. The highest BCUT2D eigenvalue weighted by atomic mass is 32.2. The molecular weight excluding hydrogens is 650 g/mol. The van der Waals surface area contributed by atoms with Gasteiger partial charge in [0.15, 0.2) is 15.3 Å². The van der Waals surface area contributed by atoms with Crippen LogP contribution < -0.4 is 15.2 Å². The van der Waals surface area contributed by atoms with E-state index in [1.54, 1.807) is 48.5 Å². The Labute approximate surface area is 272 Å². The van der Waals surface area contributed by atoms with Crippen LogP contribution in [-0.4, -0.2) is 22.0 Å². The smallest absolute Gasteiger partial charge is 0.297 e. The van der Waals surface area contributed by atoms with E-state index in [9.17, 15) is 27.6 Å². The topological polar surface area (TPSA) is 96.6 Å². The number of para-hydroxylation sites is 1. The van der Waals surface area contributed by atoms with Crippen LogP contribution in [0.5, 0.6) is 0 Å². The van der Waals surface area contributed by atoms with Gasteiger partial charge in [-0.2, -0.15) is 0 Å². The molecule has 6 aromatic rings. The van der Waals surface area contributed by atoms with Crippen molar-refractivity contribution in [3.8, 4) is 0 Å². The maximum atomic E-state index is 15.0. The SMILES string of the molecule is O=C1c2oc3ccc(F)cc3c(=O)c2C2(C(=O)N(Cc3ccc(F)cc3)c3ccccc32)N1c1nnc(SCc2ccc(F)cc2)s1. The average Bonchev–Trinajstić information content (AvgIpc) is 3.71. The molecule has 47 heavy (non-hydrogen) atoms. The summed E-state index contributed by atoms with van der Waals surface area (Å²) in [5.41, 5.74) is -0.906. The predicted molar refractivity (Wildman–Crippen MR) is 170 cm³/mol. The van der Waals surface area contributed by atoms with Crippen molar-refractivity contribution < 1.29 is 27.2 Å². The van der Waals surface area contributed by atoms with Crippen molar-refractivity contribution in [2.45, 2.75) is 22.2 Å². The number of aromatic nitrogens is 2. The second-order valence-corrected chi connectivity index (χ2v) is 13.1. The van der Waals surface area contributed by atoms with Crippen LogP contribution in [0, 0.1) is 17.5 Å². The lowest BCUT2D eigenvalue weighted by atomic mass is 9.84. The Kier molecular flexibility index (Phi) is 6.77. The molecule has 2 aliphatic rings. The Morgan fingerprint density at radius 3 is 2.23 bits per heavy atom. The van der Waals surface area contributed by atoms with Gasteiger partial charge in [-0.1, -0.05) is 65.6 Å². The molecule has 1 unspecified atom stereocenters. The second kappa shape index (κ2) is 10.9. The van der Waals surface area contributed by atoms with Crippen LogP contribution in [0.25, 0.3) is 11.0 Å². The molecule has 0 N–H and O–H groups in total. The zero-order chi connectivity index (χ0) is 32.4. The maximum Gasteiger partial charge on any atom is 0.297 e. The molecule has 0 saturated carbocycles. The van der Waals surface area contributed by atoms with Crippen molar-refractivity contribution >= 4 is 56.7 Å². The number of carbonyl (C=O) groups is 2. The molecule has 2 aliphatic heterocycles. The summed E-state index contributed by atoms with van der Waals surface area (Å²) in [5.74, 6) is -2.86. The van der Waals surface area contributed by atoms with Crippen LogP contribution in [-0.2, 0) is 22.6 Å². The van der Waals surface area contributed by atoms with E-state index in [1.165, 1.54) is 47.0 Å². The standard InChI is InChI=1S/C34H19F3N4O4S2/c35-20-9-5-18(6-10-20)16-40-25-4-2-1-3-24(25)34(31(40)44)27-28(42)23-15-22(37)13-14-26(23)45-29(27)30(43)41(34)32-38-39-33(47-32)46-17-19-7-11-21(36)12-8-19/h1-15H,16-17H2. The predicted octanol–water partition coefficient (Wildman–Crippen LogP) is 6.80. The summed E-state index contributed by atoms with van der Waals surface area (Å²) in [5, 5.41) is 8.45. The quantitative estimate of drug-likeness (QED) is 0.142. The number of benzene rings is 4. The molecule has 4 heterocycles. The Bertz CT molecular complexity index is 2310. The number of halogens is 3. The molecule has 8 nitrogen and oxygen atoms in total. The highest BCUT2D eigenvalue weighted by molar-refractivity contribution is 8.00. The lowest BCUT2D eigenvalue weighted by Crippen LogP contribution is -2.53. The Morgan fingerprint density at radius 1 is 0.809 bits per heavy atom. The van der Waals surface area contributed by atoms with Crippen LogP contribution >= 0.6 is 23.1 Å². The lowest BCUT2D eigenvalue weighted by Gasteiger charge is -2.32. The van der Waals surface area contributed by atoms with Gasteiger partial charge >= 0.3 is 0 Å². The van der Waals surface area contributed by atoms with E-state index in [0.717, 1.165) is 33.9 Å². The van der Waals surface area contributed by atoms with Gasteiger partial charge in [-0.05, 0) is 59.7 Å². The van der Waals surface area contributed by atoms with Crippen LogP contribution in [0.3, 0.4) is 0 Å². The molecule has 232 valence electrons. The minimum absolute atomic E-state index is 0.00231. The van der Waals surface area contributed by atoms with Gasteiger partial charge in [0.2, 0.25) is 10.9 Å². The monoisotopic (exact) mass is 668 g/mol. The van der Waals surface area contributed by atoms with Crippen molar-refractivity contribution in [2.24, 2.45) is 0 Å². The summed E-state index contributed by atoms with van der Waals surface area (Å²) < 4.78 is 48.0. The molecule has 0 saturated heterocycles. The summed E-state index contributed by atoms with van der Waals surface area (Å²) in [7, 11) is 0. The summed E-state index contributed by atoms with van der Waals surface area (Å²) in [6.07, 6.45) is 0. The number of carbonyl (C=O) groups excluding carboxylic acids is 2. The zero-order valence-electron chi connectivity index (χ0n) is 23.9. The van der Waals surface area contributed by atoms with Crippen molar-refractivity contribution in [1.82, 2.24) is 10.2 Å². The normalized spacial score (nSPS) is 16.8. The largest absolute Gasteiger partial charge is 0.450 e. The summed E-state index contributed by atoms with van der Waals surface area (Å²) in [4.78, 5) is 46.3. The third-order valence-corrected chi connectivity index (χ3v) is 10.3. The van der Waals surface area contributed by atoms with Crippen LogP contribution in [0.15, 0.2) is 105 Å². The number of thioether (sulfide) groups is 1. The zero-order valence-corrected chi connectivity index (χ0v) is 25.6. The average molecular weight is 669 g/mol. The van der Waals surface area contributed by atoms with Crippen molar-refractivity contribution in [1.29, 1.82) is 0 Å². The fraction of sp³-hybridized carbons (Fsp3) is 0.0882. The van der Waals surface area contributed by atoms with E-state index < -0.39 is 34.4 Å². The molecule has 13 heteroatoms. The van der Waals surface area contributed by atoms with Gasteiger partial charge < -0.3 is 9.32 Å². The third kappa shape index (κ3) is 4.48. The van der Waals surface area contributed by atoms with Crippen LogP contribution in [0.1, 0.15) is 32.8 Å². The Hall–Kier alpha value is -5.27. The summed E-state index contributed by atoms with van der Waals surface area (Å²) in [6.45, 7) is -0.00231. The minimum Gasteiger partial charge on any atom is -0.450 e. The Morgan fingerprint density at radius 2 is 1.49 bits per heavy atom. The number of fused-ring (bicyclic) bond motifs is 5. The van der Waals surface area contributed by atoms with Crippen LogP contribution in [0.2, 0.25) is 0 Å². The molecule has 0 bridgehead atoms. The second-order valence-electron chi connectivity index (χ2n) is 10.9. The van der Waals surface area contributed by atoms with E-state index in [2.05, 4.69) is 10.2 Å². The maximum absolute atomic E-state index is 15.0.